The van der Waals surface area contributed by atoms with Gasteiger partial charge in [0, 0.05) is 24.5 Å². The molecule has 0 atom stereocenters. The van der Waals surface area contributed by atoms with E-state index in [-0.39, 0.29) is 12.1 Å². The summed E-state index contributed by atoms with van der Waals surface area (Å²) in [4.78, 5) is 7.96. The van der Waals surface area contributed by atoms with Crippen molar-refractivity contribution in [2.75, 3.05) is 11.9 Å². The fourth-order valence-corrected chi connectivity index (χ4v) is 1.22. The fourth-order valence-electron chi connectivity index (χ4n) is 1.07. The number of anilines is 1. The molecule has 0 radical (unpaired) electrons. The van der Waals surface area contributed by atoms with Crippen LogP contribution in [-0.2, 0) is 0 Å². The summed E-state index contributed by atoms with van der Waals surface area (Å²) in [7, 11) is 0. The maximum Gasteiger partial charge on any atom is 0.171 e. The third-order valence-electron chi connectivity index (χ3n) is 1.85. The van der Waals surface area contributed by atoms with Crippen molar-refractivity contribution in [1.82, 2.24) is 9.97 Å². The Bertz CT molecular complexity index is 304. The van der Waals surface area contributed by atoms with Crippen molar-refractivity contribution in [2.45, 2.75) is 25.8 Å². The Morgan fingerprint density at radius 1 is 1.43 bits per heavy atom. The minimum absolute atomic E-state index is 0.123. The molecule has 0 saturated carbocycles. The number of aromatic nitrogens is 2. The summed E-state index contributed by atoms with van der Waals surface area (Å²) < 4.78 is 0. The number of nitrogens with zero attached hydrogens (tertiary/aromatic N) is 2. The molecule has 1 heterocycles. The van der Waals surface area contributed by atoms with Crippen molar-refractivity contribution in [3.63, 3.8) is 0 Å². The Morgan fingerprint density at radius 3 is 2.64 bits per heavy atom. The number of aliphatic hydroxyl groups is 1. The highest BCUT2D eigenvalue weighted by Gasteiger charge is 2.18. The first kappa shape index (κ1) is 11.2. The normalized spacial score (nSPS) is 11.4. The lowest BCUT2D eigenvalue weighted by Crippen LogP contribution is -2.32. The van der Waals surface area contributed by atoms with E-state index in [4.69, 9.17) is 16.7 Å². The molecule has 0 amide bonds. The molecule has 5 heteroatoms. The zero-order valence-electron chi connectivity index (χ0n) is 8.29. The SMILES string of the molecule is CC(C)(CCO)Nc1nccnc1Cl. The van der Waals surface area contributed by atoms with Gasteiger partial charge in [-0.15, -0.1) is 0 Å². The van der Waals surface area contributed by atoms with Gasteiger partial charge in [0.05, 0.1) is 0 Å². The van der Waals surface area contributed by atoms with Crippen LogP contribution in [0.1, 0.15) is 20.3 Å². The lowest BCUT2D eigenvalue weighted by Gasteiger charge is -2.26. The number of hydrogen-bond donors (Lipinski definition) is 2. The summed E-state index contributed by atoms with van der Waals surface area (Å²) in [5, 5.41) is 12.3. The van der Waals surface area contributed by atoms with Crippen LogP contribution in [0.3, 0.4) is 0 Å². The van der Waals surface area contributed by atoms with Gasteiger partial charge >= 0.3 is 0 Å². The molecule has 1 rings (SSSR count). The molecule has 0 aliphatic carbocycles. The second kappa shape index (κ2) is 4.57. The molecule has 78 valence electrons. The van der Waals surface area contributed by atoms with Gasteiger partial charge in [0.15, 0.2) is 11.0 Å². The van der Waals surface area contributed by atoms with E-state index >= 15 is 0 Å². The minimum Gasteiger partial charge on any atom is -0.396 e. The fraction of sp³-hybridized carbons (Fsp3) is 0.556. The Morgan fingerprint density at radius 2 is 2.07 bits per heavy atom. The zero-order valence-corrected chi connectivity index (χ0v) is 9.04. The van der Waals surface area contributed by atoms with Gasteiger partial charge in [-0.3, -0.25) is 0 Å². The summed E-state index contributed by atoms with van der Waals surface area (Å²) in [5.41, 5.74) is -0.242. The van der Waals surface area contributed by atoms with Gasteiger partial charge < -0.3 is 10.4 Å². The minimum atomic E-state index is -0.242. The van der Waals surface area contributed by atoms with Gasteiger partial charge in [-0.25, -0.2) is 9.97 Å². The maximum atomic E-state index is 8.84. The van der Waals surface area contributed by atoms with Crippen molar-refractivity contribution in [3.8, 4) is 0 Å². The Balaban J connectivity index is 2.73. The third kappa shape index (κ3) is 3.12. The van der Waals surface area contributed by atoms with Crippen LogP contribution in [0.2, 0.25) is 5.15 Å². The van der Waals surface area contributed by atoms with Crippen LogP contribution in [0.5, 0.6) is 0 Å². The van der Waals surface area contributed by atoms with Gasteiger partial charge in [-0.05, 0) is 20.3 Å². The predicted molar refractivity (Wildman–Crippen MR) is 56.4 cm³/mol. The molecule has 1 aromatic rings. The second-order valence-electron chi connectivity index (χ2n) is 3.68. The van der Waals surface area contributed by atoms with Gasteiger partial charge in [0.2, 0.25) is 0 Å². The van der Waals surface area contributed by atoms with Crippen LogP contribution >= 0.6 is 11.6 Å². The van der Waals surface area contributed by atoms with E-state index in [1.54, 1.807) is 6.20 Å². The predicted octanol–water partition coefficient (Wildman–Crippen LogP) is 1.70. The summed E-state index contributed by atoms with van der Waals surface area (Å²) in [6.07, 6.45) is 3.73. The molecule has 1 aromatic heterocycles. The summed E-state index contributed by atoms with van der Waals surface area (Å²) in [6, 6.07) is 0. The van der Waals surface area contributed by atoms with Crippen LogP contribution in [-0.4, -0.2) is 27.2 Å². The number of aliphatic hydroxyl groups excluding tert-OH is 1. The molecule has 0 aromatic carbocycles. The molecule has 0 aliphatic heterocycles. The van der Waals surface area contributed by atoms with Crippen molar-refractivity contribution < 1.29 is 5.11 Å². The van der Waals surface area contributed by atoms with Crippen LogP contribution < -0.4 is 5.32 Å². The topological polar surface area (TPSA) is 58.0 Å². The van der Waals surface area contributed by atoms with E-state index in [2.05, 4.69) is 15.3 Å². The average Bonchev–Trinajstić information content (AvgIpc) is 2.08. The van der Waals surface area contributed by atoms with E-state index in [1.165, 1.54) is 6.20 Å². The molecule has 14 heavy (non-hydrogen) atoms. The molecular weight excluding hydrogens is 202 g/mol. The van der Waals surface area contributed by atoms with Gasteiger partial charge in [-0.1, -0.05) is 11.6 Å². The van der Waals surface area contributed by atoms with Crippen molar-refractivity contribution in [3.05, 3.63) is 17.5 Å². The van der Waals surface area contributed by atoms with E-state index in [0.717, 1.165) is 0 Å². The van der Waals surface area contributed by atoms with Crippen molar-refractivity contribution >= 4 is 17.4 Å². The largest absolute Gasteiger partial charge is 0.396 e. The monoisotopic (exact) mass is 215 g/mol. The lowest BCUT2D eigenvalue weighted by molar-refractivity contribution is 0.260. The highest BCUT2D eigenvalue weighted by molar-refractivity contribution is 6.31. The Hall–Kier alpha value is -0.870. The van der Waals surface area contributed by atoms with Gasteiger partial charge in [0.1, 0.15) is 0 Å². The number of rotatable bonds is 4. The average molecular weight is 216 g/mol. The lowest BCUT2D eigenvalue weighted by atomic mass is 10.0. The number of halogens is 1. The van der Waals surface area contributed by atoms with Crippen LogP contribution in [0, 0.1) is 0 Å². The van der Waals surface area contributed by atoms with E-state index in [1.807, 2.05) is 13.8 Å². The molecule has 0 aliphatic rings. The first-order valence-electron chi connectivity index (χ1n) is 4.41. The highest BCUT2D eigenvalue weighted by Crippen LogP contribution is 2.20. The van der Waals surface area contributed by atoms with Gasteiger partial charge in [-0.2, -0.15) is 0 Å². The third-order valence-corrected chi connectivity index (χ3v) is 2.12. The second-order valence-corrected chi connectivity index (χ2v) is 4.04. The Kier molecular flexibility index (Phi) is 3.66. The van der Waals surface area contributed by atoms with Crippen LogP contribution in [0.15, 0.2) is 12.4 Å². The smallest absolute Gasteiger partial charge is 0.171 e. The number of hydrogen-bond acceptors (Lipinski definition) is 4. The molecule has 0 spiro atoms. The van der Waals surface area contributed by atoms with E-state index < -0.39 is 0 Å². The molecular formula is C9H14ClN3O. The van der Waals surface area contributed by atoms with Gasteiger partial charge in [0.25, 0.3) is 0 Å². The molecule has 4 nitrogen and oxygen atoms in total. The molecule has 0 saturated heterocycles. The summed E-state index contributed by atoms with van der Waals surface area (Å²) in [5.74, 6) is 0.549. The van der Waals surface area contributed by atoms with E-state index in [0.29, 0.717) is 17.4 Å². The van der Waals surface area contributed by atoms with Crippen molar-refractivity contribution in [1.29, 1.82) is 0 Å². The molecule has 2 N–H and O–H groups in total. The molecule has 0 unspecified atom stereocenters. The summed E-state index contributed by atoms with van der Waals surface area (Å²) >= 11 is 5.83. The molecule has 0 fully saturated rings. The zero-order chi connectivity index (χ0) is 10.6. The molecule has 0 bridgehead atoms. The van der Waals surface area contributed by atoms with Crippen molar-refractivity contribution in [2.24, 2.45) is 0 Å². The maximum absolute atomic E-state index is 8.84. The first-order valence-corrected chi connectivity index (χ1v) is 4.78. The standard InChI is InChI=1S/C9H14ClN3O/c1-9(2,3-6-14)13-8-7(10)11-4-5-12-8/h4-5,14H,3,6H2,1-2H3,(H,12,13). The first-order chi connectivity index (χ1) is 6.55. The summed E-state index contributed by atoms with van der Waals surface area (Å²) in [6.45, 7) is 4.06. The van der Waals surface area contributed by atoms with Crippen LogP contribution in [0.4, 0.5) is 5.82 Å². The Labute approximate surface area is 88.3 Å². The van der Waals surface area contributed by atoms with E-state index in [9.17, 15) is 0 Å². The number of nitrogens with one attached hydrogen (secondary N) is 1. The van der Waals surface area contributed by atoms with Crippen LogP contribution in [0.25, 0.3) is 0 Å². The quantitative estimate of drug-likeness (QED) is 0.803. The highest BCUT2D eigenvalue weighted by atomic mass is 35.5.